The largest absolute Gasteiger partial charge is 0.465 e. The third kappa shape index (κ3) is 2.45. The summed E-state index contributed by atoms with van der Waals surface area (Å²) in [5.74, 6) is -1.45. The minimum atomic E-state index is -0.499. The Balaban J connectivity index is 2.11. The molecule has 0 unspecified atom stereocenters. The number of esters is 1. The Hall–Kier alpha value is -2.69. The van der Waals surface area contributed by atoms with Crippen molar-refractivity contribution >= 4 is 16.9 Å². The molecule has 3 nitrogen and oxygen atoms in total. The van der Waals surface area contributed by atoms with E-state index in [2.05, 4.69) is 0 Å². The third-order valence-corrected chi connectivity index (χ3v) is 3.54. The van der Waals surface area contributed by atoms with Gasteiger partial charge in [0.25, 0.3) is 0 Å². The van der Waals surface area contributed by atoms with Crippen molar-refractivity contribution in [2.24, 2.45) is 0 Å². The molecule has 112 valence electrons. The van der Waals surface area contributed by atoms with E-state index in [9.17, 15) is 13.6 Å². The molecule has 0 radical (unpaired) electrons. The average Bonchev–Trinajstić information content (AvgIpc) is 2.89. The fourth-order valence-electron chi connectivity index (χ4n) is 2.50. The molecule has 0 spiro atoms. The summed E-state index contributed by atoms with van der Waals surface area (Å²) in [6, 6.07) is 10.6. The fraction of sp³-hybridized carbons (Fsp3) is 0.118. The summed E-state index contributed by atoms with van der Waals surface area (Å²) < 4.78 is 33.6. The molecule has 0 saturated heterocycles. The van der Waals surface area contributed by atoms with Gasteiger partial charge in [0.15, 0.2) is 0 Å². The van der Waals surface area contributed by atoms with Crippen LogP contribution in [-0.4, -0.2) is 17.6 Å². The van der Waals surface area contributed by atoms with Crippen LogP contribution in [-0.2, 0) is 11.3 Å². The van der Waals surface area contributed by atoms with E-state index in [4.69, 9.17) is 4.74 Å². The van der Waals surface area contributed by atoms with Crippen LogP contribution in [0.4, 0.5) is 8.78 Å². The van der Waals surface area contributed by atoms with E-state index in [1.807, 2.05) is 18.2 Å². The predicted octanol–water partition coefficient (Wildman–Crippen LogP) is 3.75. The molecule has 0 fully saturated rings. The maximum atomic E-state index is 13.8. The maximum absolute atomic E-state index is 13.8. The first-order valence-corrected chi connectivity index (χ1v) is 6.70. The standard InChI is InChI=1S/C17H13F2NO2/c1-22-17(21)14-10-20(16-5-3-2-4-13(14)16)9-11-8-12(18)6-7-15(11)19/h2-8,10H,9H2,1H3. The van der Waals surface area contributed by atoms with Crippen LogP contribution in [0.3, 0.4) is 0 Å². The third-order valence-electron chi connectivity index (χ3n) is 3.54. The van der Waals surface area contributed by atoms with Crippen LogP contribution >= 0.6 is 0 Å². The van der Waals surface area contributed by atoms with Crippen molar-refractivity contribution in [1.29, 1.82) is 0 Å². The van der Waals surface area contributed by atoms with Gasteiger partial charge in [-0.2, -0.15) is 0 Å². The van der Waals surface area contributed by atoms with Gasteiger partial charge in [-0.05, 0) is 24.3 Å². The van der Waals surface area contributed by atoms with Gasteiger partial charge < -0.3 is 9.30 Å². The summed E-state index contributed by atoms with van der Waals surface area (Å²) in [5.41, 5.74) is 1.37. The molecule has 2 aromatic carbocycles. The van der Waals surface area contributed by atoms with Crippen LogP contribution < -0.4 is 0 Å². The maximum Gasteiger partial charge on any atom is 0.340 e. The lowest BCUT2D eigenvalue weighted by Gasteiger charge is -2.07. The molecule has 3 rings (SSSR count). The molecule has 0 aliphatic carbocycles. The first-order valence-electron chi connectivity index (χ1n) is 6.70. The molecule has 0 aliphatic rings. The smallest absolute Gasteiger partial charge is 0.340 e. The summed E-state index contributed by atoms with van der Waals surface area (Å²) in [6.45, 7) is 0.126. The quantitative estimate of drug-likeness (QED) is 0.690. The van der Waals surface area contributed by atoms with E-state index >= 15 is 0 Å². The Bertz CT molecular complexity index is 855. The van der Waals surface area contributed by atoms with E-state index in [0.717, 1.165) is 23.7 Å². The molecule has 0 saturated carbocycles. The SMILES string of the molecule is COC(=O)c1cn(Cc2cc(F)ccc2F)c2ccccc12. The van der Waals surface area contributed by atoms with E-state index < -0.39 is 17.6 Å². The van der Waals surface area contributed by atoms with Crippen LogP contribution in [0.2, 0.25) is 0 Å². The van der Waals surface area contributed by atoms with Gasteiger partial charge in [-0.1, -0.05) is 18.2 Å². The van der Waals surface area contributed by atoms with E-state index in [1.165, 1.54) is 7.11 Å². The van der Waals surface area contributed by atoms with Gasteiger partial charge in [-0.25, -0.2) is 13.6 Å². The molecule has 0 amide bonds. The van der Waals surface area contributed by atoms with E-state index in [1.54, 1.807) is 16.8 Å². The number of carbonyl (C=O) groups excluding carboxylic acids is 1. The van der Waals surface area contributed by atoms with Gasteiger partial charge in [0.1, 0.15) is 11.6 Å². The molecular weight excluding hydrogens is 288 g/mol. The van der Waals surface area contributed by atoms with Crippen LogP contribution in [0.5, 0.6) is 0 Å². The van der Waals surface area contributed by atoms with Gasteiger partial charge >= 0.3 is 5.97 Å². The number of nitrogens with zero attached hydrogens (tertiary/aromatic N) is 1. The van der Waals surface area contributed by atoms with Crippen molar-refractivity contribution in [3.63, 3.8) is 0 Å². The van der Waals surface area contributed by atoms with Crippen LogP contribution in [0, 0.1) is 11.6 Å². The van der Waals surface area contributed by atoms with Crippen molar-refractivity contribution in [2.45, 2.75) is 6.54 Å². The second-order valence-corrected chi connectivity index (χ2v) is 4.92. The highest BCUT2D eigenvalue weighted by atomic mass is 19.1. The number of aromatic nitrogens is 1. The lowest BCUT2D eigenvalue weighted by Crippen LogP contribution is -2.02. The zero-order valence-electron chi connectivity index (χ0n) is 11.8. The number of para-hydroxylation sites is 1. The van der Waals surface area contributed by atoms with Crippen LogP contribution in [0.15, 0.2) is 48.7 Å². The molecule has 1 aromatic heterocycles. The molecule has 0 atom stereocenters. The molecule has 1 heterocycles. The molecule has 5 heteroatoms. The zero-order valence-corrected chi connectivity index (χ0v) is 11.8. The number of hydrogen-bond acceptors (Lipinski definition) is 2. The zero-order chi connectivity index (χ0) is 15.7. The number of benzene rings is 2. The summed E-state index contributed by atoms with van der Waals surface area (Å²) in [5, 5.41) is 0.714. The lowest BCUT2D eigenvalue weighted by atomic mass is 10.2. The lowest BCUT2D eigenvalue weighted by molar-refractivity contribution is 0.0602. The molecule has 3 aromatic rings. The highest BCUT2D eigenvalue weighted by Gasteiger charge is 2.16. The number of hydrogen-bond donors (Lipinski definition) is 0. The summed E-state index contributed by atoms with van der Waals surface area (Å²) in [6.07, 6.45) is 1.60. The van der Waals surface area contributed by atoms with E-state index in [0.29, 0.717) is 10.9 Å². The number of carbonyl (C=O) groups is 1. The van der Waals surface area contributed by atoms with Gasteiger partial charge in [-0.15, -0.1) is 0 Å². The van der Waals surface area contributed by atoms with Gasteiger partial charge in [0.2, 0.25) is 0 Å². The van der Waals surface area contributed by atoms with Crippen molar-refractivity contribution in [3.8, 4) is 0 Å². The van der Waals surface area contributed by atoms with E-state index in [-0.39, 0.29) is 12.1 Å². The molecule has 0 N–H and O–H groups in total. The molecule has 0 aliphatic heterocycles. The Labute approximate surface area is 125 Å². The number of ether oxygens (including phenoxy) is 1. The Morgan fingerprint density at radius 2 is 1.95 bits per heavy atom. The van der Waals surface area contributed by atoms with Crippen molar-refractivity contribution in [3.05, 3.63) is 71.4 Å². The second kappa shape index (κ2) is 5.60. The molecule has 0 bridgehead atoms. The average molecular weight is 301 g/mol. The minimum absolute atomic E-state index is 0.126. The number of fused-ring (bicyclic) bond motifs is 1. The molecular formula is C17H13F2NO2. The summed E-state index contributed by atoms with van der Waals surface area (Å²) >= 11 is 0. The van der Waals surface area contributed by atoms with Gasteiger partial charge in [0.05, 0.1) is 19.2 Å². The summed E-state index contributed by atoms with van der Waals surface area (Å²) in [7, 11) is 1.31. The predicted molar refractivity (Wildman–Crippen MR) is 78.7 cm³/mol. The topological polar surface area (TPSA) is 31.2 Å². The fourth-order valence-corrected chi connectivity index (χ4v) is 2.50. The van der Waals surface area contributed by atoms with Crippen molar-refractivity contribution < 1.29 is 18.3 Å². The number of halogens is 2. The Morgan fingerprint density at radius 1 is 1.18 bits per heavy atom. The number of methoxy groups -OCH3 is 1. The Morgan fingerprint density at radius 3 is 2.73 bits per heavy atom. The summed E-state index contributed by atoms with van der Waals surface area (Å²) in [4.78, 5) is 11.8. The molecule has 22 heavy (non-hydrogen) atoms. The normalized spacial score (nSPS) is 10.9. The monoisotopic (exact) mass is 301 g/mol. The first-order chi connectivity index (χ1) is 10.6. The first kappa shape index (κ1) is 14.3. The van der Waals surface area contributed by atoms with Gasteiger partial charge in [-0.3, -0.25) is 0 Å². The minimum Gasteiger partial charge on any atom is -0.465 e. The van der Waals surface area contributed by atoms with Crippen molar-refractivity contribution in [2.75, 3.05) is 7.11 Å². The highest BCUT2D eigenvalue weighted by molar-refractivity contribution is 6.04. The Kier molecular flexibility index (Phi) is 3.63. The highest BCUT2D eigenvalue weighted by Crippen LogP contribution is 2.23. The number of rotatable bonds is 3. The van der Waals surface area contributed by atoms with Crippen LogP contribution in [0.1, 0.15) is 15.9 Å². The van der Waals surface area contributed by atoms with Gasteiger partial charge in [0, 0.05) is 22.7 Å². The van der Waals surface area contributed by atoms with Crippen molar-refractivity contribution in [1.82, 2.24) is 4.57 Å². The van der Waals surface area contributed by atoms with Crippen LogP contribution in [0.25, 0.3) is 10.9 Å². The second-order valence-electron chi connectivity index (χ2n) is 4.92.